The molecule has 0 fully saturated rings. The van der Waals surface area contributed by atoms with Gasteiger partial charge in [0.25, 0.3) is 5.91 Å². The van der Waals surface area contributed by atoms with E-state index in [1.54, 1.807) is 18.9 Å². The molecule has 1 aromatic carbocycles. The van der Waals surface area contributed by atoms with Crippen LogP contribution in [0.3, 0.4) is 0 Å². The van der Waals surface area contributed by atoms with E-state index in [1.165, 1.54) is 0 Å². The van der Waals surface area contributed by atoms with Crippen molar-refractivity contribution in [3.05, 3.63) is 52.8 Å². The Morgan fingerprint density at radius 1 is 1.14 bits per heavy atom. The number of aryl methyl sites for hydroxylation is 1. The van der Waals surface area contributed by atoms with Gasteiger partial charge in [0.2, 0.25) is 0 Å². The zero-order valence-electron chi connectivity index (χ0n) is 17.7. The number of carbonyl (C=O) groups is 2. The molecule has 0 N–H and O–H groups in total. The molecular formula is C22H31N3O3. The molecule has 1 aromatic heterocycles. The van der Waals surface area contributed by atoms with Gasteiger partial charge in [-0.2, -0.15) is 5.10 Å². The second kappa shape index (κ2) is 9.53. The second-order valence-corrected chi connectivity index (χ2v) is 7.71. The van der Waals surface area contributed by atoms with Crippen molar-refractivity contribution in [3.8, 4) is 0 Å². The number of amides is 1. The van der Waals surface area contributed by atoms with Crippen molar-refractivity contribution in [2.75, 3.05) is 7.05 Å². The Hall–Kier alpha value is -2.63. The van der Waals surface area contributed by atoms with Crippen molar-refractivity contribution in [2.45, 2.75) is 60.2 Å². The molecule has 152 valence electrons. The summed E-state index contributed by atoms with van der Waals surface area (Å²) in [6.07, 6.45) is -0.706. The van der Waals surface area contributed by atoms with E-state index in [-0.39, 0.29) is 12.3 Å². The predicted octanol–water partition coefficient (Wildman–Crippen LogP) is 3.29. The summed E-state index contributed by atoms with van der Waals surface area (Å²) in [5.41, 5.74) is 3.71. The van der Waals surface area contributed by atoms with Crippen LogP contribution in [-0.2, 0) is 33.8 Å². The molecule has 1 atom stereocenters. The Balaban J connectivity index is 1.95. The van der Waals surface area contributed by atoms with Gasteiger partial charge in [0.15, 0.2) is 6.10 Å². The summed E-state index contributed by atoms with van der Waals surface area (Å²) in [6, 6.07) is 9.72. The van der Waals surface area contributed by atoms with Crippen LogP contribution < -0.4 is 0 Å². The lowest BCUT2D eigenvalue weighted by Crippen LogP contribution is -2.37. The first-order valence-electron chi connectivity index (χ1n) is 9.70. The second-order valence-electron chi connectivity index (χ2n) is 7.71. The molecule has 0 aliphatic carbocycles. The summed E-state index contributed by atoms with van der Waals surface area (Å²) >= 11 is 0. The molecule has 1 heterocycles. The Morgan fingerprint density at radius 3 is 2.39 bits per heavy atom. The quantitative estimate of drug-likeness (QED) is 0.654. The lowest BCUT2D eigenvalue weighted by atomic mass is 10.1. The average Bonchev–Trinajstić information content (AvgIpc) is 2.88. The van der Waals surface area contributed by atoms with Crippen molar-refractivity contribution in [1.29, 1.82) is 0 Å². The van der Waals surface area contributed by atoms with E-state index in [0.717, 1.165) is 29.1 Å². The number of carbonyl (C=O) groups excluding carboxylic acids is 2. The minimum absolute atomic E-state index is 0.121. The standard InChI is InChI=1S/C22H31N3O3/c1-15(2)13-25-17(4)20(16(3)23-25)12-21(26)28-18(5)22(27)24(6)14-19-10-8-7-9-11-19/h7-11,15,18H,12-14H2,1-6H3. The van der Waals surface area contributed by atoms with Crippen LogP contribution in [0.25, 0.3) is 0 Å². The molecule has 6 nitrogen and oxygen atoms in total. The monoisotopic (exact) mass is 385 g/mol. The molecule has 0 spiro atoms. The van der Waals surface area contributed by atoms with E-state index in [2.05, 4.69) is 18.9 Å². The highest BCUT2D eigenvalue weighted by Crippen LogP contribution is 2.16. The summed E-state index contributed by atoms with van der Waals surface area (Å²) in [6.45, 7) is 11.0. The highest BCUT2D eigenvalue weighted by atomic mass is 16.5. The molecule has 0 saturated heterocycles. The molecule has 0 bridgehead atoms. The molecule has 0 saturated carbocycles. The number of hydrogen-bond donors (Lipinski definition) is 0. The van der Waals surface area contributed by atoms with E-state index in [4.69, 9.17) is 4.74 Å². The summed E-state index contributed by atoms with van der Waals surface area (Å²) in [7, 11) is 1.71. The molecule has 28 heavy (non-hydrogen) atoms. The summed E-state index contributed by atoms with van der Waals surface area (Å²) in [5, 5.41) is 4.53. The van der Waals surface area contributed by atoms with Gasteiger partial charge in [-0.15, -0.1) is 0 Å². The van der Waals surface area contributed by atoms with Crippen LogP contribution in [0.1, 0.15) is 43.3 Å². The first kappa shape index (κ1) is 21.7. The van der Waals surface area contributed by atoms with Crippen molar-refractivity contribution in [3.63, 3.8) is 0 Å². The molecule has 1 amide bonds. The Morgan fingerprint density at radius 2 is 1.79 bits per heavy atom. The fourth-order valence-electron chi connectivity index (χ4n) is 3.19. The van der Waals surface area contributed by atoms with Gasteiger partial charge in [0.1, 0.15) is 0 Å². The third-order valence-corrected chi connectivity index (χ3v) is 4.69. The number of aromatic nitrogens is 2. The van der Waals surface area contributed by atoms with Crippen LogP contribution >= 0.6 is 0 Å². The predicted molar refractivity (Wildman–Crippen MR) is 109 cm³/mol. The molecular weight excluding hydrogens is 354 g/mol. The first-order valence-corrected chi connectivity index (χ1v) is 9.70. The van der Waals surface area contributed by atoms with Crippen LogP contribution in [0.4, 0.5) is 0 Å². The van der Waals surface area contributed by atoms with Gasteiger partial charge in [-0.05, 0) is 32.3 Å². The van der Waals surface area contributed by atoms with Gasteiger partial charge < -0.3 is 9.64 Å². The van der Waals surface area contributed by atoms with Gasteiger partial charge >= 0.3 is 5.97 Å². The largest absolute Gasteiger partial charge is 0.452 e. The third-order valence-electron chi connectivity index (χ3n) is 4.69. The number of hydrogen-bond acceptors (Lipinski definition) is 4. The van der Waals surface area contributed by atoms with Crippen molar-refractivity contribution in [1.82, 2.24) is 14.7 Å². The van der Waals surface area contributed by atoms with E-state index >= 15 is 0 Å². The fourth-order valence-corrected chi connectivity index (χ4v) is 3.19. The van der Waals surface area contributed by atoms with E-state index in [0.29, 0.717) is 12.5 Å². The zero-order chi connectivity index (χ0) is 20.8. The number of benzene rings is 1. The van der Waals surface area contributed by atoms with Gasteiger partial charge in [-0.3, -0.25) is 14.3 Å². The van der Waals surface area contributed by atoms with Crippen LogP contribution in [0.2, 0.25) is 0 Å². The number of esters is 1. The summed E-state index contributed by atoms with van der Waals surface area (Å²) in [4.78, 5) is 26.5. The number of likely N-dealkylation sites (N-methyl/N-ethyl adjacent to an activating group) is 1. The third kappa shape index (κ3) is 5.68. The van der Waals surface area contributed by atoms with E-state index < -0.39 is 12.1 Å². The van der Waals surface area contributed by atoms with Gasteiger partial charge in [-0.25, -0.2) is 0 Å². The van der Waals surface area contributed by atoms with Crippen LogP contribution in [-0.4, -0.2) is 39.7 Å². The maximum absolute atomic E-state index is 12.5. The first-order chi connectivity index (χ1) is 13.2. The smallest absolute Gasteiger partial charge is 0.311 e. The van der Waals surface area contributed by atoms with Gasteiger partial charge in [0.05, 0.1) is 12.1 Å². The van der Waals surface area contributed by atoms with Gasteiger partial charge in [-0.1, -0.05) is 44.2 Å². The Kier molecular flexibility index (Phi) is 7.38. The van der Waals surface area contributed by atoms with Crippen LogP contribution in [0, 0.1) is 19.8 Å². The molecule has 6 heteroatoms. The normalized spacial score (nSPS) is 12.1. The van der Waals surface area contributed by atoms with Crippen LogP contribution in [0.15, 0.2) is 30.3 Å². The van der Waals surface area contributed by atoms with Crippen molar-refractivity contribution in [2.24, 2.45) is 5.92 Å². The maximum atomic E-state index is 12.5. The average molecular weight is 386 g/mol. The Bertz CT molecular complexity index is 812. The number of ether oxygens (including phenoxy) is 1. The highest BCUT2D eigenvalue weighted by Gasteiger charge is 2.23. The zero-order valence-corrected chi connectivity index (χ0v) is 17.7. The minimum Gasteiger partial charge on any atom is -0.452 e. The fraction of sp³-hybridized carbons (Fsp3) is 0.500. The number of rotatable bonds is 8. The van der Waals surface area contributed by atoms with Crippen molar-refractivity contribution >= 4 is 11.9 Å². The lowest BCUT2D eigenvalue weighted by molar-refractivity contribution is -0.158. The van der Waals surface area contributed by atoms with Crippen LogP contribution in [0.5, 0.6) is 0 Å². The molecule has 0 aliphatic heterocycles. The lowest BCUT2D eigenvalue weighted by Gasteiger charge is -2.21. The van der Waals surface area contributed by atoms with E-state index in [9.17, 15) is 9.59 Å². The number of nitrogens with zero attached hydrogens (tertiary/aromatic N) is 3. The topological polar surface area (TPSA) is 64.4 Å². The molecule has 2 rings (SSSR count). The van der Waals surface area contributed by atoms with Crippen molar-refractivity contribution < 1.29 is 14.3 Å². The molecule has 2 aromatic rings. The SMILES string of the molecule is Cc1nn(CC(C)C)c(C)c1CC(=O)OC(C)C(=O)N(C)Cc1ccccc1. The van der Waals surface area contributed by atoms with Gasteiger partial charge in [0, 0.05) is 31.4 Å². The van der Waals surface area contributed by atoms with E-state index in [1.807, 2.05) is 48.9 Å². The molecule has 0 aliphatic rings. The maximum Gasteiger partial charge on any atom is 0.311 e. The molecule has 1 unspecified atom stereocenters. The minimum atomic E-state index is -0.826. The summed E-state index contributed by atoms with van der Waals surface area (Å²) in [5.74, 6) is -0.166. The summed E-state index contributed by atoms with van der Waals surface area (Å²) < 4.78 is 7.34. The molecule has 0 radical (unpaired) electrons. The highest BCUT2D eigenvalue weighted by molar-refractivity contribution is 5.84. The Labute approximate surface area is 167 Å².